The molecule has 2 heterocycles. The molecule has 0 saturated carbocycles. The number of carbonyl (C=O) groups is 1. The van der Waals surface area contributed by atoms with E-state index >= 15 is 0 Å². The zero-order chi connectivity index (χ0) is 16.8. The fraction of sp³-hybridized carbons (Fsp3) is 0.368. The smallest absolute Gasteiger partial charge is 0.224 e. The molecule has 0 radical (unpaired) electrons. The van der Waals surface area contributed by atoms with Gasteiger partial charge in [0.2, 0.25) is 5.91 Å². The third kappa shape index (κ3) is 4.56. The maximum atomic E-state index is 12.5. The molecule has 1 unspecified atom stereocenters. The Labute approximate surface area is 147 Å². The van der Waals surface area contributed by atoms with E-state index in [-0.39, 0.29) is 11.8 Å². The van der Waals surface area contributed by atoms with Crippen molar-refractivity contribution in [2.45, 2.75) is 25.9 Å². The van der Waals surface area contributed by atoms with Crippen LogP contribution in [0.25, 0.3) is 0 Å². The van der Waals surface area contributed by atoms with Crippen LogP contribution in [0.3, 0.4) is 0 Å². The lowest BCUT2D eigenvalue weighted by atomic mass is 9.96. The Morgan fingerprint density at radius 3 is 2.96 bits per heavy atom. The predicted molar refractivity (Wildman–Crippen MR) is 95.5 cm³/mol. The topological polar surface area (TPSA) is 45.2 Å². The molecule has 0 aliphatic carbocycles. The van der Waals surface area contributed by atoms with Gasteiger partial charge in [-0.05, 0) is 42.6 Å². The summed E-state index contributed by atoms with van der Waals surface area (Å²) in [6.45, 7) is 3.13. The summed E-state index contributed by atoms with van der Waals surface area (Å²) < 4.78 is 0. The van der Waals surface area contributed by atoms with E-state index in [1.54, 1.807) is 12.4 Å². The highest BCUT2D eigenvalue weighted by Gasteiger charge is 2.25. The van der Waals surface area contributed by atoms with Gasteiger partial charge in [0, 0.05) is 37.1 Å². The Morgan fingerprint density at radius 1 is 1.29 bits per heavy atom. The largest absolute Gasteiger partial charge is 0.352 e. The summed E-state index contributed by atoms with van der Waals surface area (Å²) in [7, 11) is 0. The van der Waals surface area contributed by atoms with E-state index in [0.29, 0.717) is 6.54 Å². The second-order valence-electron chi connectivity index (χ2n) is 6.24. The number of nitrogens with one attached hydrogen (secondary N) is 1. The van der Waals surface area contributed by atoms with Gasteiger partial charge in [0.25, 0.3) is 0 Å². The molecule has 0 spiro atoms. The van der Waals surface area contributed by atoms with Gasteiger partial charge in [-0.3, -0.25) is 14.7 Å². The number of carbonyl (C=O) groups excluding carboxylic acids is 1. The Hall–Kier alpha value is -1.91. The number of pyridine rings is 1. The number of hydrogen-bond acceptors (Lipinski definition) is 3. The molecule has 3 rings (SSSR count). The molecule has 1 aromatic carbocycles. The summed E-state index contributed by atoms with van der Waals surface area (Å²) >= 11 is 6.25. The van der Waals surface area contributed by atoms with Crippen molar-refractivity contribution in [1.82, 2.24) is 15.2 Å². The fourth-order valence-corrected chi connectivity index (χ4v) is 3.31. The standard InChI is InChI=1S/C19H22ClN3O/c20-18-8-2-1-6-16(18)13-23-10-4-7-17(14-23)19(24)22-12-15-5-3-9-21-11-15/h1-3,5-6,8-9,11,17H,4,7,10,12-14H2,(H,22,24). The number of amides is 1. The second-order valence-corrected chi connectivity index (χ2v) is 6.65. The van der Waals surface area contributed by atoms with Crippen LogP contribution in [0.5, 0.6) is 0 Å². The maximum absolute atomic E-state index is 12.5. The third-order valence-corrected chi connectivity index (χ3v) is 4.79. The van der Waals surface area contributed by atoms with Crippen molar-refractivity contribution in [3.05, 3.63) is 64.9 Å². The molecule has 1 aliphatic rings. The molecule has 5 heteroatoms. The first kappa shape index (κ1) is 16.9. The van der Waals surface area contributed by atoms with Crippen LogP contribution < -0.4 is 5.32 Å². The van der Waals surface area contributed by atoms with Crippen LogP contribution in [0.1, 0.15) is 24.0 Å². The van der Waals surface area contributed by atoms with Gasteiger partial charge >= 0.3 is 0 Å². The van der Waals surface area contributed by atoms with E-state index < -0.39 is 0 Å². The summed E-state index contributed by atoms with van der Waals surface area (Å²) in [6, 6.07) is 11.8. The molecular formula is C19H22ClN3O. The van der Waals surface area contributed by atoms with E-state index in [4.69, 9.17) is 11.6 Å². The molecule has 0 bridgehead atoms. The maximum Gasteiger partial charge on any atom is 0.224 e. The highest BCUT2D eigenvalue weighted by atomic mass is 35.5. The minimum absolute atomic E-state index is 0.0397. The van der Waals surface area contributed by atoms with Gasteiger partial charge in [-0.2, -0.15) is 0 Å². The molecule has 1 fully saturated rings. The molecule has 24 heavy (non-hydrogen) atoms. The molecule has 1 aromatic heterocycles. The molecule has 1 saturated heterocycles. The minimum atomic E-state index is 0.0397. The molecule has 1 aliphatic heterocycles. The summed E-state index contributed by atoms with van der Waals surface area (Å²) in [4.78, 5) is 18.8. The number of benzene rings is 1. The van der Waals surface area contributed by atoms with Gasteiger partial charge in [0.05, 0.1) is 5.92 Å². The number of piperidine rings is 1. The van der Waals surface area contributed by atoms with Crippen molar-refractivity contribution in [1.29, 1.82) is 0 Å². The average Bonchev–Trinajstić information content (AvgIpc) is 2.63. The lowest BCUT2D eigenvalue weighted by molar-refractivity contribution is -0.126. The third-order valence-electron chi connectivity index (χ3n) is 4.42. The first-order chi connectivity index (χ1) is 11.7. The van der Waals surface area contributed by atoms with Crippen LogP contribution in [0.15, 0.2) is 48.8 Å². The monoisotopic (exact) mass is 343 g/mol. The van der Waals surface area contributed by atoms with Crippen molar-refractivity contribution in [2.75, 3.05) is 13.1 Å². The number of halogens is 1. The lowest BCUT2D eigenvalue weighted by Crippen LogP contribution is -2.42. The predicted octanol–water partition coefficient (Wildman–Crippen LogP) is 3.26. The van der Waals surface area contributed by atoms with E-state index in [1.165, 1.54) is 0 Å². The first-order valence-electron chi connectivity index (χ1n) is 8.35. The van der Waals surface area contributed by atoms with Crippen LogP contribution in [0, 0.1) is 5.92 Å². The number of likely N-dealkylation sites (tertiary alicyclic amines) is 1. The number of hydrogen-bond donors (Lipinski definition) is 1. The molecule has 1 amide bonds. The van der Waals surface area contributed by atoms with Crippen molar-refractivity contribution in [3.8, 4) is 0 Å². The Morgan fingerprint density at radius 2 is 2.17 bits per heavy atom. The SMILES string of the molecule is O=C(NCc1cccnc1)C1CCCN(Cc2ccccc2Cl)C1. The van der Waals surface area contributed by atoms with Crippen LogP contribution in [0.4, 0.5) is 0 Å². The van der Waals surface area contributed by atoms with E-state index in [0.717, 1.165) is 48.6 Å². The average molecular weight is 344 g/mol. The summed E-state index contributed by atoms with van der Waals surface area (Å²) in [6.07, 6.45) is 5.50. The van der Waals surface area contributed by atoms with E-state index in [2.05, 4.69) is 21.3 Å². The quantitative estimate of drug-likeness (QED) is 0.906. The van der Waals surface area contributed by atoms with Crippen molar-refractivity contribution in [3.63, 3.8) is 0 Å². The summed E-state index contributed by atoms with van der Waals surface area (Å²) in [5.74, 6) is 0.167. The summed E-state index contributed by atoms with van der Waals surface area (Å²) in [5.41, 5.74) is 2.14. The van der Waals surface area contributed by atoms with Gasteiger partial charge in [-0.15, -0.1) is 0 Å². The molecular weight excluding hydrogens is 322 g/mol. The van der Waals surface area contributed by atoms with Gasteiger partial charge in [0.15, 0.2) is 0 Å². The Balaban J connectivity index is 1.53. The van der Waals surface area contributed by atoms with Crippen molar-refractivity contribution < 1.29 is 4.79 Å². The highest BCUT2D eigenvalue weighted by molar-refractivity contribution is 6.31. The van der Waals surface area contributed by atoms with Gasteiger partial charge < -0.3 is 5.32 Å². The number of rotatable bonds is 5. The van der Waals surface area contributed by atoms with Crippen LogP contribution >= 0.6 is 11.6 Å². The lowest BCUT2D eigenvalue weighted by Gasteiger charge is -2.32. The summed E-state index contributed by atoms with van der Waals surface area (Å²) in [5, 5.41) is 3.83. The minimum Gasteiger partial charge on any atom is -0.352 e. The van der Waals surface area contributed by atoms with Crippen LogP contribution in [-0.4, -0.2) is 28.9 Å². The normalized spacial score (nSPS) is 18.3. The Bertz CT molecular complexity index is 677. The first-order valence-corrected chi connectivity index (χ1v) is 8.72. The molecule has 126 valence electrons. The van der Waals surface area contributed by atoms with E-state index in [1.807, 2.05) is 30.3 Å². The zero-order valence-corrected chi connectivity index (χ0v) is 14.4. The zero-order valence-electron chi connectivity index (χ0n) is 13.6. The Kier molecular flexibility index (Phi) is 5.83. The van der Waals surface area contributed by atoms with Crippen LogP contribution in [0.2, 0.25) is 5.02 Å². The highest BCUT2D eigenvalue weighted by Crippen LogP contribution is 2.22. The van der Waals surface area contributed by atoms with Gasteiger partial charge in [-0.1, -0.05) is 35.9 Å². The molecule has 1 atom stereocenters. The van der Waals surface area contributed by atoms with Gasteiger partial charge in [0.1, 0.15) is 0 Å². The molecule has 1 N–H and O–H groups in total. The van der Waals surface area contributed by atoms with E-state index in [9.17, 15) is 4.79 Å². The van der Waals surface area contributed by atoms with Gasteiger partial charge in [-0.25, -0.2) is 0 Å². The van der Waals surface area contributed by atoms with Crippen molar-refractivity contribution >= 4 is 17.5 Å². The fourth-order valence-electron chi connectivity index (χ4n) is 3.12. The number of aromatic nitrogens is 1. The molecule has 4 nitrogen and oxygen atoms in total. The second kappa shape index (κ2) is 8.27. The number of nitrogens with zero attached hydrogens (tertiary/aromatic N) is 2. The van der Waals surface area contributed by atoms with Crippen molar-refractivity contribution in [2.24, 2.45) is 5.92 Å². The molecule has 2 aromatic rings. The van der Waals surface area contributed by atoms with Crippen LogP contribution in [-0.2, 0) is 17.9 Å².